The minimum atomic E-state index is -1.40. The van der Waals surface area contributed by atoms with Crippen LogP contribution in [-0.2, 0) is 19.9 Å². The molecule has 3 aliphatic heterocycles. The van der Waals surface area contributed by atoms with Crippen molar-refractivity contribution in [3.63, 3.8) is 0 Å². The van der Waals surface area contributed by atoms with Crippen molar-refractivity contribution in [2.45, 2.75) is 12.0 Å². The number of amides is 2. The summed E-state index contributed by atoms with van der Waals surface area (Å²) in [5.41, 5.74) is 0.962. The zero-order valence-corrected chi connectivity index (χ0v) is 15.5. The van der Waals surface area contributed by atoms with Gasteiger partial charge < -0.3 is 19.9 Å². The Kier molecular flexibility index (Phi) is 3.85. The second-order valence-corrected chi connectivity index (χ2v) is 6.97. The number of carbonyl (C=O) groups excluding carboxylic acids is 2. The van der Waals surface area contributed by atoms with E-state index in [9.17, 15) is 14.4 Å². The molecule has 0 bridgehead atoms. The van der Waals surface area contributed by atoms with E-state index in [1.807, 2.05) is 0 Å². The van der Waals surface area contributed by atoms with Crippen molar-refractivity contribution in [2.75, 3.05) is 12.1 Å². The number of nitrogens with zero attached hydrogens (tertiary/aromatic N) is 2. The smallest absolute Gasteiger partial charge is 0.328 e. The third kappa shape index (κ3) is 2.55. The number of nitrogens with one attached hydrogen (secondary N) is 1. The molecule has 0 aliphatic carbocycles. The van der Waals surface area contributed by atoms with Crippen molar-refractivity contribution in [1.82, 2.24) is 5.01 Å². The van der Waals surface area contributed by atoms with Crippen LogP contribution >= 0.6 is 0 Å². The number of anilines is 1. The summed E-state index contributed by atoms with van der Waals surface area (Å²) in [6, 6.07) is 12.3. The van der Waals surface area contributed by atoms with Crippen LogP contribution in [0.25, 0.3) is 0 Å². The second kappa shape index (κ2) is 6.45. The Morgan fingerprint density at radius 3 is 2.77 bits per heavy atom. The van der Waals surface area contributed by atoms with Gasteiger partial charge in [-0.05, 0) is 24.3 Å². The Morgan fingerprint density at radius 1 is 1.13 bits per heavy atom. The van der Waals surface area contributed by atoms with Gasteiger partial charge in [-0.3, -0.25) is 9.59 Å². The number of hydrogen-bond acceptors (Lipinski definition) is 6. The maximum atomic E-state index is 13.1. The Balaban J connectivity index is 1.62. The number of para-hydroxylation sites is 1. The van der Waals surface area contributed by atoms with Gasteiger partial charge in [0.2, 0.25) is 6.79 Å². The minimum absolute atomic E-state index is 0.121. The van der Waals surface area contributed by atoms with Crippen LogP contribution < -0.4 is 14.8 Å². The van der Waals surface area contributed by atoms with Gasteiger partial charge in [-0.15, -0.1) is 0 Å². The number of hydrogen-bond donors (Lipinski definition) is 2. The van der Waals surface area contributed by atoms with Gasteiger partial charge in [0, 0.05) is 35.4 Å². The van der Waals surface area contributed by atoms with Gasteiger partial charge in [0.15, 0.2) is 17.0 Å². The molecule has 2 N–H and O–H groups in total. The normalized spacial score (nSPS) is 21.1. The predicted octanol–water partition coefficient (Wildman–Crippen LogP) is 1.84. The topological polar surface area (TPSA) is 118 Å². The molecule has 2 amide bonds. The average molecular weight is 405 g/mol. The first-order chi connectivity index (χ1) is 14.5. The number of benzene rings is 2. The molecule has 0 radical (unpaired) electrons. The molecule has 1 atom stereocenters. The summed E-state index contributed by atoms with van der Waals surface area (Å²) < 4.78 is 10.7. The number of carboxylic acids is 1. The number of hydrazone groups is 1. The number of rotatable bonds is 3. The first kappa shape index (κ1) is 17.9. The van der Waals surface area contributed by atoms with Gasteiger partial charge in [0.05, 0.1) is 5.71 Å². The zero-order valence-electron chi connectivity index (χ0n) is 15.5. The van der Waals surface area contributed by atoms with Crippen LogP contribution in [0.2, 0.25) is 0 Å². The molecule has 9 heteroatoms. The van der Waals surface area contributed by atoms with Crippen LogP contribution in [0.3, 0.4) is 0 Å². The molecule has 150 valence electrons. The fourth-order valence-corrected chi connectivity index (χ4v) is 3.93. The molecule has 1 unspecified atom stereocenters. The van der Waals surface area contributed by atoms with E-state index in [4.69, 9.17) is 14.6 Å². The highest BCUT2D eigenvalue weighted by Gasteiger charge is 2.57. The maximum absolute atomic E-state index is 13.1. The lowest BCUT2D eigenvalue weighted by Crippen LogP contribution is -2.48. The fourth-order valence-electron chi connectivity index (χ4n) is 3.93. The van der Waals surface area contributed by atoms with Crippen molar-refractivity contribution in [3.05, 3.63) is 65.7 Å². The Morgan fingerprint density at radius 2 is 1.93 bits per heavy atom. The molecule has 2 aromatic rings. The van der Waals surface area contributed by atoms with Crippen LogP contribution in [0.1, 0.15) is 17.5 Å². The van der Waals surface area contributed by atoms with Crippen molar-refractivity contribution >= 4 is 29.2 Å². The molecule has 30 heavy (non-hydrogen) atoms. The van der Waals surface area contributed by atoms with E-state index in [0.29, 0.717) is 34.0 Å². The van der Waals surface area contributed by atoms with Gasteiger partial charge in [0.1, 0.15) is 0 Å². The molecule has 0 saturated carbocycles. The highest BCUT2D eigenvalue weighted by Crippen LogP contribution is 2.47. The highest BCUT2D eigenvalue weighted by molar-refractivity contribution is 6.16. The van der Waals surface area contributed by atoms with E-state index in [-0.39, 0.29) is 13.2 Å². The van der Waals surface area contributed by atoms with Gasteiger partial charge in [-0.25, -0.2) is 9.80 Å². The number of ether oxygens (including phenoxy) is 2. The van der Waals surface area contributed by atoms with Crippen LogP contribution in [-0.4, -0.2) is 40.4 Å². The van der Waals surface area contributed by atoms with Crippen LogP contribution in [0.15, 0.2) is 59.7 Å². The molecule has 0 saturated heterocycles. The van der Waals surface area contributed by atoms with E-state index in [1.54, 1.807) is 42.5 Å². The quantitative estimate of drug-likeness (QED) is 0.753. The number of fused-ring (bicyclic) bond motifs is 3. The molecule has 1 spiro atoms. The second-order valence-electron chi connectivity index (χ2n) is 6.97. The van der Waals surface area contributed by atoms with E-state index < -0.39 is 23.3 Å². The van der Waals surface area contributed by atoms with Crippen molar-refractivity contribution < 1.29 is 29.0 Å². The van der Waals surface area contributed by atoms with Crippen LogP contribution in [0, 0.1) is 0 Å². The fraction of sp³-hybridized carbons (Fsp3) is 0.143. The predicted molar refractivity (Wildman–Crippen MR) is 104 cm³/mol. The summed E-state index contributed by atoms with van der Waals surface area (Å²) in [5.74, 6) is -1.22. The summed E-state index contributed by atoms with van der Waals surface area (Å²) in [6.45, 7) is 0.121. The molecule has 9 nitrogen and oxygen atoms in total. The third-order valence-corrected chi connectivity index (χ3v) is 5.29. The maximum Gasteiger partial charge on any atom is 0.328 e. The first-order valence-electron chi connectivity index (χ1n) is 9.13. The Bertz CT molecular complexity index is 1170. The standard InChI is InChI=1S/C21H15N3O6/c25-18(7-8-19(26)27)24-21(13-3-1-2-4-14(13)22-20(21)28)10-15(23-24)12-5-6-16-17(9-12)30-11-29-16/h1-9H,10-11H2,(H,22,28)(H,26,27). The average Bonchev–Trinajstić information content (AvgIpc) is 3.43. The monoisotopic (exact) mass is 405 g/mol. The lowest BCUT2D eigenvalue weighted by Gasteiger charge is -2.29. The van der Waals surface area contributed by atoms with Crippen LogP contribution in [0.5, 0.6) is 11.5 Å². The van der Waals surface area contributed by atoms with Crippen LogP contribution in [0.4, 0.5) is 5.69 Å². The van der Waals surface area contributed by atoms with E-state index >= 15 is 0 Å². The van der Waals surface area contributed by atoms with E-state index in [1.165, 1.54) is 0 Å². The van der Waals surface area contributed by atoms with Crippen molar-refractivity contribution in [1.29, 1.82) is 0 Å². The minimum Gasteiger partial charge on any atom is -0.478 e. The highest BCUT2D eigenvalue weighted by atomic mass is 16.7. The van der Waals surface area contributed by atoms with Gasteiger partial charge in [-0.1, -0.05) is 18.2 Å². The SMILES string of the molecule is O=C(O)C=CC(=O)N1N=C(c2ccc3c(c2)OCO3)CC12C(=O)Nc1ccccc12. The molecule has 3 aliphatic rings. The first-order valence-corrected chi connectivity index (χ1v) is 9.13. The molecule has 5 rings (SSSR count). The third-order valence-electron chi connectivity index (χ3n) is 5.29. The van der Waals surface area contributed by atoms with Crippen molar-refractivity contribution in [3.8, 4) is 11.5 Å². The summed E-state index contributed by atoms with van der Waals surface area (Å²) in [5, 5.41) is 17.2. The lowest BCUT2D eigenvalue weighted by molar-refractivity contribution is -0.140. The molecular weight excluding hydrogens is 390 g/mol. The van der Waals surface area contributed by atoms with Gasteiger partial charge >= 0.3 is 5.97 Å². The largest absolute Gasteiger partial charge is 0.478 e. The van der Waals surface area contributed by atoms with E-state index in [0.717, 1.165) is 17.2 Å². The lowest BCUT2D eigenvalue weighted by atomic mass is 9.85. The number of carboxylic acid groups (broad SMARTS) is 1. The molecule has 0 fully saturated rings. The van der Waals surface area contributed by atoms with E-state index in [2.05, 4.69) is 10.4 Å². The molecule has 0 aromatic heterocycles. The van der Waals surface area contributed by atoms with Gasteiger partial charge in [0.25, 0.3) is 11.8 Å². The van der Waals surface area contributed by atoms with Gasteiger partial charge in [-0.2, -0.15) is 5.10 Å². The molecule has 3 heterocycles. The molecular formula is C21H15N3O6. The Hall–Kier alpha value is -4.14. The number of aliphatic carboxylic acids is 1. The number of carbonyl (C=O) groups is 3. The summed E-state index contributed by atoms with van der Waals surface area (Å²) >= 11 is 0. The summed E-state index contributed by atoms with van der Waals surface area (Å²) in [4.78, 5) is 36.9. The Labute approximate surface area is 170 Å². The molecule has 2 aromatic carbocycles. The summed E-state index contributed by atoms with van der Waals surface area (Å²) in [7, 11) is 0. The zero-order chi connectivity index (χ0) is 20.9. The summed E-state index contributed by atoms with van der Waals surface area (Å²) in [6.07, 6.45) is 1.75. The van der Waals surface area contributed by atoms with Crippen molar-refractivity contribution in [2.24, 2.45) is 5.10 Å².